The first-order chi connectivity index (χ1) is 9.79. The van der Waals surface area contributed by atoms with Crippen LogP contribution >= 0.6 is 27.5 Å². The third-order valence-corrected chi connectivity index (χ3v) is 3.85. The second-order valence-electron chi connectivity index (χ2n) is 4.52. The summed E-state index contributed by atoms with van der Waals surface area (Å²) in [6.07, 6.45) is -4.36. The Morgan fingerprint density at radius 2 is 1.76 bits per heavy atom. The fraction of sp³-hybridized carbons (Fsp3) is 0.200. The van der Waals surface area contributed by atoms with Crippen LogP contribution in [0.15, 0.2) is 46.9 Å². The molecule has 0 saturated heterocycles. The van der Waals surface area contributed by atoms with Gasteiger partial charge in [0.05, 0.1) is 16.6 Å². The van der Waals surface area contributed by atoms with Crippen LogP contribution < -0.4 is 5.32 Å². The third-order valence-electron chi connectivity index (χ3n) is 2.96. The fourth-order valence-electron chi connectivity index (χ4n) is 1.90. The molecule has 1 N–H and O–H groups in total. The Labute approximate surface area is 134 Å². The van der Waals surface area contributed by atoms with E-state index in [2.05, 4.69) is 21.2 Å². The average molecular weight is 379 g/mol. The first kappa shape index (κ1) is 16.2. The SMILES string of the molecule is CC(Cl)c1ccccc1Nc1ccc(C(F)(F)F)cc1Br. The molecule has 2 rings (SSSR count). The minimum Gasteiger partial charge on any atom is -0.354 e. The van der Waals surface area contributed by atoms with Crippen molar-refractivity contribution in [1.82, 2.24) is 0 Å². The van der Waals surface area contributed by atoms with Gasteiger partial charge in [0, 0.05) is 10.2 Å². The molecule has 0 aliphatic heterocycles. The van der Waals surface area contributed by atoms with E-state index in [0.29, 0.717) is 10.2 Å². The molecule has 0 saturated carbocycles. The molecule has 0 radical (unpaired) electrons. The topological polar surface area (TPSA) is 12.0 Å². The third kappa shape index (κ3) is 3.92. The predicted octanol–water partition coefficient (Wildman–Crippen LogP) is 6.51. The Morgan fingerprint density at radius 1 is 1.10 bits per heavy atom. The molecule has 2 aromatic carbocycles. The summed E-state index contributed by atoms with van der Waals surface area (Å²) in [5, 5.41) is 2.90. The van der Waals surface area contributed by atoms with Crippen molar-refractivity contribution in [2.75, 3.05) is 5.32 Å². The van der Waals surface area contributed by atoms with Gasteiger partial charge in [-0.1, -0.05) is 18.2 Å². The molecule has 0 aliphatic rings. The van der Waals surface area contributed by atoms with Gasteiger partial charge < -0.3 is 5.32 Å². The first-order valence-corrected chi connectivity index (χ1v) is 7.38. The van der Waals surface area contributed by atoms with Crippen LogP contribution in [0.3, 0.4) is 0 Å². The molecule has 0 bridgehead atoms. The molecule has 1 atom stereocenters. The Hall–Kier alpha value is -1.20. The van der Waals surface area contributed by atoms with Gasteiger partial charge in [-0.3, -0.25) is 0 Å². The molecule has 1 nitrogen and oxygen atoms in total. The summed E-state index contributed by atoms with van der Waals surface area (Å²) >= 11 is 9.26. The van der Waals surface area contributed by atoms with Crippen molar-refractivity contribution in [2.45, 2.75) is 18.5 Å². The summed E-state index contributed by atoms with van der Waals surface area (Å²) in [5.74, 6) is 0. The van der Waals surface area contributed by atoms with E-state index >= 15 is 0 Å². The van der Waals surface area contributed by atoms with Gasteiger partial charge in [-0.05, 0) is 52.7 Å². The van der Waals surface area contributed by atoms with E-state index in [1.165, 1.54) is 6.07 Å². The van der Waals surface area contributed by atoms with E-state index in [0.717, 1.165) is 23.4 Å². The van der Waals surface area contributed by atoms with Gasteiger partial charge in [-0.2, -0.15) is 13.2 Å². The average Bonchev–Trinajstić information content (AvgIpc) is 2.40. The van der Waals surface area contributed by atoms with Crippen LogP contribution in [0.2, 0.25) is 0 Å². The molecular weight excluding hydrogens is 367 g/mol. The van der Waals surface area contributed by atoms with Crippen LogP contribution in [-0.4, -0.2) is 0 Å². The number of hydrogen-bond acceptors (Lipinski definition) is 1. The Bertz CT molecular complexity index is 641. The maximum Gasteiger partial charge on any atom is 0.416 e. The standard InChI is InChI=1S/C15H12BrClF3N/c1-9(17)11-4-2-3-5-13(11)21-14-7-6-10(8-12(14)16)15(18,19)20/h2-9,21H,1H3. The van der Waals surface area contributed by atoms with E-state index in [-0.39, 0.29) is 5.38 Å². The maximum absolute atomic E-state index is 12.6. The summed E-state index contributed by atoms with van der Waals surface area (Å²) < 4.78 is 38.3. The van der Waals surface area contributed by atoms with Crippen molar-refractivity contribution in [3.8, 4) is 0 Å². The van der Waals surface area contributed by atoms with Crippen LogP contribution in [0.25, 0.3) is 0 Å². The summed E-state index contributed by atoms with van der Waals surface area (Å²) in [6, 6.07) is 10.9. The minimum atomic E-state index is -4.36. The van der Waals surface area contributed by atoms with Gasteiger partial charge >= 0.3 is 6.18 Å². The molecule has 0 aromatic heterocycles. The zero-order chi connectivity index (χ0) is 15.6. The number of anilines is 2. The lowest BCUT2D eigenvalue weighted by atomic mass is 10.1. The summed E-state index contributed by atoms with van der Waals surface area (Å²) in [6.45, 7) is 1.84. The molecule has 1 unspecified atom stereocenters. The van der Waals surface area contributed by atoms with Gasteiger partial charge in [0.15, 0.2) is 0 Å². The second kappa shape index (κ2) is 6.28. The number of nitrogens with one attached hydrogen (secondary N) is 1. The first-order valence-electron chi connectivity index (χ1n) is 6.16. The zero-order valence-corrected chi connectivity index (χ0v) is 13.4. The predicted molar refractivity (Wildman–Crippen MR) is 83.1 cm³/mol. The molecule has 112 valence electrons. The molecular formula is C15H12BrClF3N. The van der Waals surface area contributed by atoms with E-state index in [9.17, 15) is 13.2 Å². The van der Waals surface area contributed by atoms with E-state index in [1.54, 1.807) is 0 Å². The van der Waals surface area contributed by atoms with Crippen molar-refractivity contribution in [3.05, 3.63) is 58.1 Å². The van der Waals surface area contributed by atoms with Crippen molar-refractivity contribution >= 4 is 38.9 Å². The van der Waals surface area contributed by atoms with E-state index in [1.807, 2.05) is 31.2 Å². The number of benzene rings is 2. The zero-order valence-electron chi connectivity index (χ0n) is 11.0. The second-order valence-corrected chi connectivity index (χ2v) is 6.03. The van der Waals surface area contributed by atoms with Crippen molar-refractivity contribution in [3.63, 3.8) is 0 Å². The molecule has 21 heavy (non-hydrogen) atoms. The molecule has 0 aliphatic carbocycles. The van der Waals surface area contributed by atoms with Crippen LogP contribution in [-0.2, 0) is 6.18 Å². The lowest BCUT2D eigenvalue weighted by Gasteiger charge is -2.15. The van der Waals surface area contributed by atoms with E-state index < -0.39 is 11.7 Å². The van der Waals surface area contributed by atoms with Crippen molar-refractivity contribution < 1.29 is 13.2 Å². The maximum atomic E-state index is 12.6. The highest BCUT2D eigenvalue weighted by Gasteiger charge is 2.30. The lowest BCUT2D eigenvalue weighted by Crippen LogP contribution is -2.05. The van der Waals surface area contributed by atoms with Crippen LogP contribution in [0.5, 0.6) is 0 Å². The number of para-hydroxylation sites is 1. The van der Waals surface area contributed by atoms with E-state index in [4.69, 9.17) is 11.6 Å². The number of halogens is 5. The lowest BCUT2D eigenvalue weighted by molar-refractivity contribution is -0.137. The minimum absolute atomic E-state index is 0.207. The molecule has 0 spiro atoms. The smallest absolute Gasteiger partial charge is 0.354 e. The van der Waals surface area contributed by atoms with Crippen LogP contribution in [0.4, 0.5) is 24.5 Å². The molecule has 0 amide bonds. The monoisotopic (exact) mass is 377 g/mol. The van der Waals surface area contributed by atoms with Crippen molar-refractivity contribution in [2.24, 2.45) is 0 Å². The fourth-order valence-corrected chi connectivity index (χ4v) is 2.56. The summed E-state index contributed by atoms with van der Waals surface area (Å²) in [7, 11) is 0. The summed E-state index contributed by atoms with van der Waals surface area (Å²) in [4.78, 5) is 0. The highest BCUT2D eigenvalue weighted by Crippen LogP contribution is 2.36. The molecule has 6 heteroatoms. The number of rotatable bonds is 3. The largest absolute Gasteiger partial charge is 0.416 e. The van der Waals surface area contributed by atoms with Gasteiger partial charge in [0.2, 0.25) is 0 Å². The highest BCUT2D eigenvalue weighted by atomic mass is 79.9. The normalized spacial score (nSPS) is 13.0. The molecule has 2 aromatic rings. The quantitative estimate of drug-likeness (QED) is 0.600. The summed E-state index contributed by atoms with van der Waals surface area (Å²) in [5.41, 5.74) is 1.50. The Morgan fingerprint density at radius 3 is 2.33 bits per heavy atom. The van der Waals surface area contributed by atoms with Crippen molar-refractivity contribution in [1.29, 1.82) is 0 Å². The van der Waals surface area contributed by atoms with Gasteiger partial charge in [-0.15, -0.1) is 11.6 Å². The van der Waals surface area contributed by atoms with Gasteiger partial charge in [0.1, 0.15) is 0 Å². The van der Waals surface area contributed by atoms with Crippen LogP contribution in [0.1, 0.15) is 23.4 Å². The number of alkyl halides is 4. The molecule has 0 heterocycles. The molecule has 0 fully saturated rings. The Balaban J connectivity index is 2.33. The van der Waals surface area contributed by atoms with Gasteiger partial charge in [0.25, 0.3) is 0 Å². The Kier molecular flexibility index (Phi) is 4.84. The highest BCUT2D eigenvalue weighted by molar-refractivity contribution is 9.10. The van der Waals surface area contributed by atoms with Gasteiger partial charge in [-0.25, -0.2) is 0 Å². The van der Waals surface area contributed by atoms with Crippen LogP contribution in [0, 0.1) is 0 Å². The number of hydrogen-bond donors (Lipinski definition) is 1.